The number of pyridine rings is 1. The lowest BCUT2D eigenvalue weighted by molar-refractivity contribution is -0.274. The lowest BCUT2D eigenvalue weighted by Crippen LogP contribution is -2.36. The molecule has 1 atom stereocenters. The molecule has 1 unspecified atom stereocenters. The molecule has 0 radical (unpaired) electrons. The highest BCUT2D eigenvalue weighted by molar-refractivity contribution is 5.99. The molecule has 0 fully saturated rings. The predicted octanol–water partition coefficient (Wildman–Crippen LogP) is 6.54. The lowest BCUT2D eigenvalue weighted by atomic mass is 10.00. The van der Waals surface area contributed by atoms with Crippen molar-refractivity contribution in [1.82, 2.24) is 15.3 Å². The fraction of sp³-hybridized carbons (Fsp3) is 0.138. The van der Waals surface area contributed by atoms with Crippen LogP contribution in [0.5, 0.6) is 5.75 Å². The number of aromatic nitrogens is 2. The van der Waals surface area contributed by atoms with E-state index in [-0.39, 0.29) is 12.0 Å². The van der Waals surface area contributed by atoms with Crippen molar-refractivity contribution in [3.63, 3.8) is 0 Å². The molecule has 0 aliphatic rings. The number of carbonyl (C=O) groups excluding carboxylic acids is 1. The fourth-order valence-electron chi connectivity index (χ4n) is 4.44. The topological polar surface area (TPSA) is 90.8 Å². The molecule has 190 valence electrons. The molecule has 9 heteroatoms. The van der Waals surface area contributed by atoms with E-state index < -0.39 is 24.1 Å². The summed E-state index contributed by atoms with van der Waals surface area (Å²) in [4.78, 5) is 20.9. The minimum atomic E-state index is -4.99. The van der Waals surface area contributed by atoms with Crippen LogP contribution in [0, 0.1) is 11.3 Å². The molecular formula is C29H21F3N4O2. The van der Waals surface area contributed by atoms with Crippen LogP contribution in [-0.2, 0) is 6.42 Å². The summed E-state index contributed by atoms with van der Waals surface area (Å²) in [6, 6.07) is 22.2. The Labute approximate surface area is 215 Å². The number of nitrogens with zero attached hydrogens (tertiary/aromatic N) is 2. The Morgan fingerprint density at radius 2 is 1.84 bits per heavy atom. The first-order valence-corrected chi connectivity index (χ1v) is 11.8. The van der Waals surface area contributed by atoms with Crippen molar-refractivity contribution in [1.29, 1.82) is 5.26 Å². The molecule has 1 amide bonds. The third kappa shape index (κ3) is 5.44. The Morgan fingerprint density at radius 3 is 2.66 bits per heavy atom. The molecule has 5 rings (SSSR count). The van der Waals surface area contributed by atoms with Gasteiger partial charge < -0.3 is 15.0 Å². The third-order valence-electron chi connectivity index (χ3n) is 6.19. The van der Waals surface area contributed by atoms with Crippen LogP contribution in [0.3, 0.4) is 0 Å². The zero-order chi connectivity index (χ0) is 26.7. The molecule has 2 heterocycles. The number of hydrogen-bond acceptors (Lipinski definition) is 4. The van der Waals surface area contributed by atoms with Crippen molar-refractivity contribution < 1.29 is 22.7 Å². The van der Waals surface area contributed by atoms with E-state index in [2.05, 4.69) is 20.0 Å². The number of fused-ring (bicyclic) bond motifs is 2. The van der Waals surface area contributed by atoms with Gasteiger partial charge in [0.05, 0.1) is 23.6 Å². The van der Waals surface area contributed by atoms with Crippen molar-refractivity contribution in [3.8, 4) is 22.9 Å². The minimum absolute atomic E-state index is 0.0327. The van der Waals surface area contributed by atoms with Crippen LogP contribution in [0.2, 0.25) is 0 Å². The summed E-state index contributed by atoms with van der Waals surface area (Å²) in [5.41, 5.74) is 3.38. The molecule has 38 heavy (non-hydrogen) atoms. The SMILES string of the molecule is N#CCC(Cc1c[nH]c2ccccc12)NC(=O)c1cc(-c2cnc3ccccc3c2)ccc1OC(F)(F)F. The van der Waals surface area contributed by atoms with Crippen molar-refractivity contribution in [2.24, 2.45) is 0 Å². The largest absolute Gasteiger partial charge is 0.573 e. The maximum atomic E-state index is 13.3. The Bertz CT molecular complexity index is 1670. The molecule has 2 N–H and O–H groups in total. The summed E-state index contributed by atoms with van der Waals surface area (Å²) < 4.78 is 43.6. The van der Waals surface area contributed by atoms with Crippen LogP contribution in [0.4, 0.5) is 13.2 Å². The van der Waals surface area contributed by atoms with Gasteiger partial charge in [-0.05, 0) is 47.9 Å². The van der Waals surface area contributed by atoms with Gasteiger partial charge in [-0.1, -0.05) is 42.5 Å². The average molecular weight is 515 g/mol. The van der Waals surface area contributed by atoms with E-state index in [1.54, 1.807) is 12.4 Å². The monoisotopic (exact) mass is 514 g/mol. The third-order valence-corrected chi connectivity index (χ3v) is 6.19. The van der Waals surface area contributed by atoms with E-state index in [1.165, 1.54) is 12.1 Å². The van der Waals surface area contributed by atoms with Gasteiger partial charge in [0.15, 0.2) is 0 Å². The van der Waals surface area contributed by atoms with Gasteiger partial charge in [0, 0.05) is 40.3 Å². The number of benzene rings is 3. The zero-order valence-corrected chi connectivity index (χ0v) is 19.9. The van der Waals surface area contributed by atoms with Crippen molar-refractivity contribution in [2.75, 3.05) is 0 Å². The zero-order valence-electron chi connectivity index (χ0n) is 19.9. The summed E-state index contributed by atoms with van der Waals surface area (Å²) >= 11 is 0. The van der Waals surface area contributed by atoms with Crippen molar-refractivity contribution in [2.45, 2.75) is 25.2 Å². The standard InChI is InChI=1S/C29H21F3N4O2/c30-29(31,32)38-27-10-9-18(20-13-19-5-1-3-7-25(19)34-16-20)15-24(27)28(37)36-22(11-12-33)14-21-17-35-26-8-4-2-6-23(21)26/h1-10,13,15-17,22,35H,11,14H2,(H,36,37). The minimum Gasteiger partial charge on any atom is -0.405 e. The molecule has 3 aromatic carbocycles. The lowest BCUT2D eigenvalue weighted by Gasteiger charge is -2.19. The first-order valence-electron chi connectivity index (χ1n) is 11.8. The normalized spacial score (nSPS) is 12.3. The van der Waals surface area contributed by atoms with Gasteiger partial charge in [0.2, 0.25) is 0 Å². The number of rotatable bonds is 7. The van der Waals surface area contributed by atoms with E-state index in [0.29, 0.717) is 17.5 Å². The van der Waals surface area contributed by atoms with Crippen LogP contribution >= 0.6 is 0 Å². The van der Waals surface area contributed by atoms with E-state index in [1.807, 2.05) is 60.7 Å². The van der Waals surface area contributed by atoms with Gasteiger partial charge in [-0.3, -0.25) is 9.78 Å². The van der Waals surface area contributed by atoms with Gasteiger partial charge in [-0.25, -0.2) is 0 Å². The molecule has 5 aromatic rings. The number of para-hydroxylation sites is 2. The molecule has 0 saturated heterocycles. The van der Waals surface area contributed by atoms with E-state index >= 15 is 0 Å². The molecule has 2 aromatic heterocycles. The highest BCUT2D eigenvalue weighted by Crippen LogP contribution is 2.32. The quantitative estimate of drug-likeness (QED) is 0.258. The van der Waals surface area contributed by atoms with Crippen LogP contribution in [0.15, 0.2) is 85.2 Å². The second-order valence-electron chi connectivity index (χ2n) is 8.77. The number of aromatic amines is 1. The van der Waals surface area contributed by atoms with Gasteiger partial charge >= 0.3 is 6.36 Å². The summed E-state index contributed by atoms with van der Waals surface area (Å²) in [5.74, 6) is -1.41. The maximum absolute atomic E-state index is 13.3. The molecule has 0 saturated carbocycles. The number of nitriles is 1. The highest BCUT2D eigenvalue weighted by atomic mass is 19.4. The van der Waals surface area contributed by atoms with Crippen LogP contribution < -0.4 is 10.1 Å². The van der Waals surface area contributed by atoms with Crippen LogP contribution in [0.1, 0.15) is 22.3 Å². The summed E-state index contributed by atoms with van der Waals surface area (Å²) in [5, 5.41) is 13.9. The number of amides is 1. The van der Waals surface area contributed by atoms with E-state index in [9.17, 15) is 23.2 Å². The Balaban J connectivity index is 1.47. The molecular weight excluding hydrogens is 493 g/mol. The Kier molecular flexibility index (Phi) is 6.71. The first-order chi connectivity index (χ1) is 18.3. The smallest absolute Gasteiger partial charge is 0.405 e. The van der Waals surface area contributed by atoms with Gasteiger partial charge in [-0.15, -0.1) is 13.2 Å². The fourth-order valence-corrected chi connectivity index (χ4v) is 4.44. The second kappa shape index (κ2) is 10.3. The molecule has 0 bridgehead atoms. The first kappa shape index (κ1) is 24.8. The Hall–Kier alpha value is -4.84. The number of nitrogens with one attached hydrogen (secondary N) is 2. The van der Waals surface area contributed by atoms with Crippen LogP contribution in [0.25, 0.3) is 32.9 Å². The predicted molar refractivity (Wildman–Crippen MR) is 137 cm³/mol. The summed E-state index contributed by atoms with van der Waals surface area (Å²) in [7, 11) is 0. The van der Waals surface area contributed by atoms with Crippen molar-refractivity contribution >= 4 is 27.7 Å². The number of carbonyl (C=O) groups is 1. The molecule has 6 nitrogen and oxygen atoms in total. The van der Waals surface area contributed by atoms with Crippen molar-refractivity contribution in [3.05, 3.63) is 96.3 Å². The van der Waals surface area contributed by atoms with Gasteiger partial charge in [0.25, 0.3) is 5.91 Å². The average Bonchev–Trinajstić information content (AvgIpc) is 3.30. The summed E-state index contributed by atoms with van der Waals surface area (Å²) in [6.07, 6.45) is -1.31. The number of alkyl halides is 3. The Morgan fingerprint density at radius 1 is 1.05 bits per heavy atom. The number of hydrogen-bond donors (Lipinski definition) is 2. The molecule has 0 aliphatic heterocycles. The highest BCUT2D eigenvalue weighted by Gasteiger charge is 2.33. The molecule has 0 spiro atoms. The number of halogens is 3. The number of H-pyrrole nitrogens is 1. The van der Waals surface area contributed by atoms with Gasteiger partial charge in [-0.2, -0.15) is 5.26 Å². The van der Waals surface area contributed by atoms with Gasteiger partial charge in [0.1, 0.15) is 5.75 Å². The van der Waals surface area contributed by atoms with Crippen LogP contribution in [-0.4, -0.2) is 28.3 Å². The van der Waals surface area contributed by atoms with E-state index in [0.717, 1.165) is 33.4 Å². The summed E-state index contributed by atoms with van der Waals surface area (Å²) in [6.45, 7) is 0. The number of ether oxygens (including phenoxy) is 1. The van der Waals surface area contributed by atoms with E-state index in [4.69, 9.17) is 0 Å². The molecule has 0 aliphatic carbocycles. The second-order valence-corrected chi connectivity index (χ2v) is 8.77. The maximum Gasteiger partial charge on any atom is 0.573 e.